The molecule has 29 heavy (non-hydrogen) atoms. The van der Waals surface area contributed by atoms with Gasteiger partial charge in [0.05, 0.1) is 0 Å². The average Bonchev–Trinajstić information content (AvgIpc) is 2.59. The van der Waals surface area contributed by atoms with E-state index < -0.39 is 16.6 Å². The van der Waals surface area contributed by atoms with E-state index in [1.165, 1.54) is 0 Å². The van der Waals surface area contributed by atoms with Crippen LogP contribution in [-0.4, -0.2) is 16.6 Å². The van der Waals surface area contributed by atoms with Gasteiger partial charge in [-0.3, -0.25) is 0 Å². The third-order valence-electron chi connectivity index (χ3n) is 4.16. The van der Waals surface area contributed by atoms with Crippen molar-refractivity contribution in [1.29, 1.82) is 0 Å². The van der Waals surface area contributed by atoms with E-state index in [0.29, 0.717) is 0 Å². The van der Waals surface area contributed by atoms with Crippen LogP contribution in [0.2, 0.25) is 39.3 Å². The predicted octanol–water partition coefficient (Wildman–Crippen LogP) is 7.74. The van der Waals surface area contributed by atoms with E-state index >= 15 is 0 Å². The highest BCUT2D eigenvalue weighted by molar-refractivity contribution is 7.80. The Labute approximate surface area is 182 Å². The van der Waals surface area contributed by atoms with Gasteiger partial charge < -0.3 is 8.85 Å². The summed E-state index contributed by atoms with van der Waals surface area (Å²) in [5.74, 6) is 1.84. The molecule has 0 atom stereocenters. The maximum Gasteiger partial charge on any atom is 0.242 e. The topological polar surface area (TPSA) is 18.5 Å². The van der Waals surface area contributed by atoms with Crippen LogP contribution in [0.15, 0.2) is 71.6 Å². The lowest BCUT2D eigenvalue weighted by Gasteiger charge is -2.21. The van der Waals surface area contributed by atoms with Crippen LogP contribution in [0.25, 0.3) is 22.3 Å². The fourth-order valence-electron chi connectivity index (χ4n) is 3.23. The minimum atomic E-state index is -1.68. The summed E-state index contributed by atoms with van der Waals surface area (Å²) in [6, 6.07) is 22.9. The Morgan fingerprint density at radius 1 is 0.621 bits per heavy atom. The molecule has 0 radical (unpaired) electrons. The molecule has 0 aromatic heterocycles. The minimum absolute atomic E-state index is 0.917. The molecule has 0 aliphatic carbocycles. The van der Waals surface area contributed by atoms with Crippen LogP contribution in [0.1, 0.15) is 0 Å². The fraction of sp³-hybridized carbons (Fsp3) is 0.250. The highest BCUT2D eigenvalue weighted by Crippen LogP contribution is 2.39. The Morgan fingerprint density at radius 3 is 1.66 bits per heavy atom. The molecule has 2 nitrogen and oxygen atoms in total. The zero-order valence-electron chi connectivity index (χ0n) is 18.1. The van der Waals surface area contributed by atoms with Crippen molar-refractivity contribution in [2.45, 2.75) is 44.2 Å². The van der Waals surface area contributed by atoms with Gasteiger partial charge in [0.2, 0.25) is 16.6 Å². The van der Waals surface area contributed by atoms with Gasteiger partial charge in [0.1, 0.15) is 11.5 Å². The molecule has 3 rings (SSSR count). The number of benzene rings is 3. The molecule has 0 saturated carbocycles. The summed E-state index contributed by atoms with van der Waals surface area (Å²) in [7, 11) is -3.34. The lowest BCUT2D eigenvalue weighted by molar-refractivity contribution is 0.557. The van der Waals surface area contributed by atoms with Gasteiger partial charge in [0.15, 0.2) is 0 Å². The van der Waals surface area contributed by atoms with Crippen LogP contribution in [0.3, 0.4) is 0 Å². The normalized spacial score (nSPS) is 12.0. The first-order valence-corrected chi connectivity index (χ1v) is 17.2. The Balaban J connectivity index is 2.08. The summed E-state index contributed by atoms with van der Waals surface area (Å²) in [5.41, 5.74) is 4.49. The quantitative estimate of drug-likeness (QED) is 0.313. The number of hydrogen-bond acceptors (Lipinski definition) is 3. The van der Waals surface area contributed by atoms with E-state index in [1.807, 2.05) is 18.2 Å². The highest BCUT2D eigenvalue weighted by atomic mass is 32.1. The van der Waals surface area contributed by atoms with E-state index in [9.17, 15) is 0 Å². The molecule has 5 heteroatoms. The summed E-state index contributed by atoms with van der Waals surface area (Å²) in [4.78, 5) is 0.948. The molecule has 3 aromatic carbocycles. The van der Waals surface area contributed by atoms with Crippen molar-refractivity contribution >= 4 is 29.3 Å². The van der Waals surface area contributed by atoms with E-state index in [2.05, 4.69) is 87.8 Å². The molecule has 0 amide bonds. The second kappa shape index (κ2) is 8.42. The molecule has 0 spiro atoms. The van der Waals surface area contributed by atoms with Crippen molar-refractivity contribution in [3.05, 3.63) is 66.7 Å². The number of hydrogen-bond donors (Lipinski definition) is 1. The van der Waals surface area contributed by atoms with Gasteiger partial charge in [0.25, 0.3) is 0 Å². The van der Waals surface area contributed by atoms with Gasteiger partial charge in [-0.15, -0.1) is 12.6 Å². The van der Waals surface area contributed by atoms with Crippen LogP contribution < -0.4 is 8.85 Å². The minimum Gasteiger partial charge on any atom is -0.544 e. The first-order chi connectivity index (χ1) is 13.5. The van der Waals surface area contributed by atoms with Gasteiger partial charge in [-0.05, 0) is 86.3 Å². The van der Waals surface area contributed by atoms with Crippen molar-refractivity contribution in [3.8, 4) is 33.8 Å². The lowest BCUT2D eigenvalue weighted by atomic mass is 9.94. The Kier molecular flexibility index (Phi) is 6.31. The molecule has 0 unspecified atom stereocenters. The second-order valence-corrected chi connectivity index (χ2v) is 18.5. The average molecular weight is 439 g/mol. The van der Waals surface area contributed by atoms with Gasteiger partial charge in [0, 0.05) is 10.5 Å². The molecule has 3 aromatic rings. The van der Waals surface area contributed by atoms with Crippen LogP contribution in [0.4, 0.5) is 0 Å². The van der Waals surface area contributed by atoms with Crippen LogP contribution in [0.5, 0.6) is 11.5 Å². The number of thiol groups is 1. The van der Waals surface area contributed by atoms with E-state index in [1.54, 1.807) is 0 Å². The number of rotatable bonds is 6. The fourth-order valence-corrected chi connectivity index (χ4v) is 5.24. The maximum atomic E-state index is 6.22. The van der Waals surface area contributed by atoms with Crippen molar-refractivity contribution in [2.24, 2.45) is 0 Å². The summed E-state index contributed by atoms with van der Waals surface area (Å²) in [6.07, 6.45) is 0. The Hall–Kier alpha value is -1.96. The van der Waals surface area contributed by atoms with Gasteiger partial charge in [-0.2, -0.15) is 0 Å². The summed E-state index contributed by atoms with van der Waals surface area (Å²) < 4.78 is 12.4. The zero-order chi connectivity index (χ0) is 21.2. The summed E-state index contributed by atoms with van der Waals surface area (Å²) >= 11 is 4.79. The van der Waals surface area contributed by atoms with Crippen LogP contribution in [0, 0.1) is 0 Å². The largest absolute Gasteiger partial charge is 0.544 e. The first-order valence-electron chi connectivity index (χ1n) is 9.93. The van der Waals surface area contributed by atoms with Crippen molar-refractivity contribution < 1.29 is 8.85 Å². The van der Waals surface area contributed by atoms with Crippen molar-refractivity contribution in [3.63, 3.8) is 0 Å². The molecule has 0 aliphatic rings. The highest BCUT2D eigenvalue weighted by Gasteiger charge is 2.19. The SMILES string of the molecule is C[Si](C)(C)Oc1cccc(-c2cccc(S)c2-c2cccc(O[Si](C)(C)C)c2)c1. The third-order valence-corrected chi connectivity index (χ3v) is 6.23. The molecular weight excluding hydrogens is 409 g/mol. The van der Waals surface area contributed by atoms with E-state index in [0.717, 1.165) is 38.6 Å². The summed E-state index contributed by atoms with van der Waals surface area (Å²) in [6.45, 7) is 13.2. The van der Waals surface area contributed by atoms with Crippen molar-refractivity contribution in [1.82, 2.24) is 0 Å². The lowest BCUT2D eigenvalue weighted by Crippen LogP contribution is -2.29. The van der Waals surface area contributed by atoms with Gasteiger partial charge in [-0.1, -0.05) is 36.4 Å². The molecule has 152 valence electrons. The predicted molar refractivity (Wildman–Crippen MR) is 133 cm³/mol. The third kappa shape index (κ3) is 6.01. The monoisotopic (exact) mass is 438 g/mol. The van der Waals surface area contributed by atoms with E-state index in [-0.39, 0.29) is 0 Å². The molecule has 0 saturated heterocycles. The smallest absolute Gasteiger partial charge is 0.242 e. The molecule has 0 fully saturated rings. The Bertz CT molecular complexity index is 1000. The van der Waals surface area contributed by atoms with Crippen LogP contribution in [-0.2, 0) is 0 Å². The van der Waals surface area contributed by atoms with Crippen LogP contribution >= 0.6 is 12.6 Å². The Morgan fingerprint density at radius 2 is 1.10 bits per heavy atom. The first kappa shape index (κ1) is 21.7. The molecule has 0 bridgehead atoms. The molecule has 0 aliphatic heterocycles. The summed E-state index contributed by atoms with van der Waals surface area (Å²) in [5, 5.41) is 0. The van der Waals surface area contributed by atoms with Crippen molar-refractivity contribution in [2.75, 3.05) is 0 Å². The molecular formula is C24H30O2SSi2. The second-order valence-electron chi connectivity index (χ2n) is 9.18. The van der Waals surface area contributed by atoms with Gasteiger partial charge in [-0.25, -0.2) is 0 Å². The van der Waals surface area contributed by atoms with Gasteiger partial charge >= 0.3 is 0 Å². The maximum absolute atomic E-state index is 6.22. The molecule has 0 N–H and O–H groups in total. The van der Waals surface area contributed by atoms with E-state index in [4.69, 9.17) is 21.5 Å². The standard InChI is InChI=1S/C24H30O2SSi2/c1-28(2,3)25-20-12-7-10-18(16-20)22-14-9-15-23(27)24(22)19-11-8-13-21(17-19)26-29(4,5)6/h7-17,27H,1-6H3. The molecule has 0 heterocycles. The zero-order valence-corrected chi connectivity index (χ0v) is 21.0.